The van der Waals surface area contributed by atoms with Crippen LogP contribution in [-0.2, 0) is 10.0 Å². The van der Waals surface area contributed by atoms with E-state index in [4.69, 9.17) is 0 Å². The molecule has 1 amide bonds. The Kier molecular flexibility index (Phi) is 5.75. The van der Waals surface area contributed by atoms with Gasteiger partial charge in [0.05, 0.1) is 4.90 Å². The van der Waals surface area contributed by atoms with E-state index in [0.717, 1.165) is 17.5 Å². The number of hydrogen-bond donors (Lipinski definition) is 2. The van der Waals surface area contributed by atoms with Crippen LogP contribution in [0.2, 0.25) is 0 Å². The molecule has 128 valence electrons. The third-order valence-corrected chi connectivity index (χ3v) is 5.32. The molecule has 0 heterocycles. The summed E-state index contributed by atoms with van der Waals surface area (Å²) in [6.45, 7) is 5.96. The van der Waals surface area contributed by atoms with Crippen molar-refractivity contribution in [3.05, 3.63) is 65.2 Å². The first-order chi connectivity index (χ1) is 11.3. The Hall–Kier alpha value is -2.18. The molecule has 24 heavy (non-hydrogen) atoms. The first-order valence-electron chi connectivity index (χ1n) is 7.83. The van der Waals surface area contributed by atoms with Crippen LogP contribution in [0.3, 0.4) is 0 Å². The van der Waals surface area contributed by atoms with Gasteiger partial charge in [-0.2, -0.15) is 0 Å². The zero-order valence-electron chi connectivity index (χ0n) is 14.0. The molecule has 0 saturated heterocycles. The van der Waals surface area contributed by atoms with Gasteiger partial charge in [0.2, 0.25) is 0 Å². The number of sulfonamides is 1. The second-order valence-electron chi connectivity index (χ2n) is 5.75. The molecule has 0 radical (unpaired) electrons. The number of carbonyl (C=O) groups is 1. The number of aryl methyl sites for hydroxylation is 1. The molecule has 0 bridgehead atoms. The minimum Gasteiger partial charge on any atom is -0.273 e. The van der Waals surface area contributed by atoms with E-state index in [9.17, 15) is 13.2 Å². The molecule has 0 spiro atoms. The van der Waals surface area contributed by atoms with Crippen LogP contribution in [-0.4, -0.2) is 14.3 Å². The van der Waals surface area contributed by atoms with Crippen molar-refractivity contribution in [2.45, 2.75) is 38.0 Å². The minimum atomic E-state index is -3.81. The molecule has 2 aromatic carbocycles. The van der Waals surface area contributed by atoms with Gasteiger partial charge in [-0.1, -0.05) is 44.2 Å². The van der Waals surface area contributed by atoms with Crippen molar-refractivity contribution in [3.63, 3.8) is 0 Å². The van der Waals surface area contributed by atoms with Gasteiger partial charge in [0.1, 0.15) is 0 Å². The van der Waals surface area contributed by atoms with E-state index in [-0.39, 0.29) is 4.90 Å². The molecule has 0 aliphatic carbocycles. The van der Waals surface area contributed by atoms with Gasteiger partial charge in [-0.25, -0.2) is 8.42 Å². The fourth-order valence-electron chi connectivity index (χ4n) is 2.28. The average molecular weight is 346 g/mol. The maximum Gasteiger partial charge on any atom is 0.266 e. The highest BCUT2D eigenvalue weighted by Crippen LogP contribution is 2.20. The van der Waals surface area contributed by atoms with Crippen molar-refractivity contribution in [3.8, 4) is 0 Å². The molecule has 2 rings (SSSR count). The molecule has 0 aliphatic heterocycles. The zero-order chi connectivity index (χ0) is 17.7. The number of hydrogen-bond acceptors (Lipinski definition) is 3. The van der Waals surface area contributed by atoms with Crippen LogP contribution in [0.4, 0.5) is 0 Å². The van der Waals surface area contributed by atoms with E-state index >= 15 is 0 Å². The molecular formula is C18H22N2O3S. The van der Waals surface area contributed by atoms with Crippen molar-refractivity contribution >= 4 is 15.9 Å². The van der Waals surface area contributed by atoms with Gasteiger partial charge in [0.25, 0.3) is 15.9 Å². The van der Waals surface area contributed by atoms with Gasteiger partial charge in [-0.3, -0.25) is 10.2 Å². The third kappa shape index (κ3) is 4.21. The first kappa shape index (κ1) is 18.2. The van der Waals surface area contributed by atoms with Crippen LogP contribution in [0.15, 0.2) is 53.4 Å². The quantitative estimate of drug-likeness (QED) is 0.789. The number of benzene rings is 2. The van der Waals surface area contributed by atoms with Crippen LogP contribution in [0.25, 0.3) is 0 Å². The molecule has 0 saturated carbocycles. The van der Waals surface area contributed by atoms with Crippen molar-refractivity contribution in [2.75, 3.05) is 0 Å². The van der Waals surface area contributed by atoms with E-state index in [2.05, 4.69) is 24.1 Å². The summed E-state index contributed by atoms with van der Waals surface area (Å²) < 4.78 is 24.6. The molecule has 2 aromatic rings. The summed E-state index contributed by atoms with van der Waals surface area (Å²) in [7, 11) is -3.81. The smallest absolute Gasteiger partial charge is 0.266 e. The topological polar surface area (TPSA) is 75.3 Å². The van der Waals surface area contributed by atoms with Gasteiger partial charge >= 0.3 is 0 Å². The van der Waals surface area contributed by atoms with Crippen LogP contribution in [0.1, 0.15) is 47.7 Å². The van der Waals surface area contributed by atoms with Gasteiger partial charge in [-0.05, 0) is 48.6 Å². The van der Waals surface area contributed by atoms with Crippen LogP contribution in [0.5, 0.6) is 0 Å². The Morgan fingerprint density at radius 1 is 1.08 bits per heavy atom. The monoisotopic (exact) mass is 346 g/mol. The lowest BCUT2D eigenvalue weighted by Gasteiger charge is -2.12. The standard InChI is InChI=1S/C18H22N2O3S/c1-4-13(2)15-9-11-16(12-10-15)24(22,23)20-19-18(21)17-8-6-5-7-14(17)3/h5-13,20H,4H2,1-3H3,(H,19,21)/t13-/m0/s1. The Balaban J connectivity index is 2.09. The second kappa shape index (κ2) is 7.59. The third-order valence-electron chi connectivity index (χ3n) is 4.06. The predicted octanol–water partition coefficient (Wildman–Crippen LogP) is 3.13. The lowest BCUT2D eigenvalue weighted by atomic mass is 9.99. The maximum absolute atomic E-state index is 12.3. The molecule has 0 aliphatic rings. The number of nitrogens with one attached hydrogen (secondary N) is 2. The number of carbonyl (C=O) groups excluding carboxylic acids is 1. The number of hydrazine groups is 1. The Morgan fingerprint density at radius 3 is 2.29 bits per heavy atom. The lowest BCUT2D eigenvalue weighted by molar-refractivity contribution is 0.0944. The van der Waals surface area contributed by atoms with Crippen molar-refractivity contribution in [2.24, 2.45) is 0 Å². The van der Waals surface area contributed by atoms with Crippen LogP contribution in [0, 0.1) is 6.92 Å². The highest BCUT2D eigenvalue weighted by molar-refractivity contribution is 7.89. The van der Waals surface area contributed by atoms with E-state index in [0.29, 0.717) is 11.5 Å². The molecule has 0 aromatic heterocycles. The van der Waals surface area contributed by atoms with E-state index in [1.807, 2.05) is 6.07 Å². The number of amides is 1. The summed E-state index contributed by atoms with van der Waals surface area (Å²) in [5.74, 6) is -0.122. The summed E-state index contributed by atoms with van der Waals surface area (Å²) in [5, 5.41) is 0. The molecular weight excluding hydrogens is 324 g/mol. The van der Waals surface area contributed by atoms with E-state index in [1.54, 1.807) is 49.4 Å². The molecule has 6 heteroatoms. The fourth-order valence-corrected chi connectivity index (χ4v) is 3.12. The van der Waals surface area contributed by atoms with Crippen molar-refractivity contribution < 1.29 is 13.2 Å². The van der Waals surface area contributed by atoms with Crippen molar-refractivity contribution in [1.29, 1.82) is 0 Å². The fraction of sp³-hybridized carbons (Fsp3) is 0.278. The largest absolute Gasteiger partial charge is 0.273 e. The first-order valence-corrected chi connectivity index (χ1v) is 9.31. The predicted molar refractivity (Wildman–Crippen MR) is 94.1 cm³/mol. The summed E-state index contributed by atoms with van der Waals surface area (Å²) in [6.07, 6.45) is 0.983. The van der Waals surface area contributed by atoms with Crippen molar-refractivity contribution in [1.82, 2.24) is 10.3 Å². The van der Waals surface area contributed by atoms with Crippen LogP contribution >= 0.6 is 0 Å². The molecule has 2 N–H and O–H groups in total. The normalized spacial score (nSPS) is 12.6. The summed E-state index contributed by atoms with van der Waals surface area (Å²) in [6, 6.07) is 13.7. The average Bonchev–Trinajstić information content (AvgIpc) is 2.59. The Bertz CT molecular complexity index is 814. The van der Waals surface area contributed by atoms with E-state index in [1.165, 1.54) is 0 Å². The SMILES string of the molecule is CC[C@H](C)c1ccc(S(=O)(=O)NNC(=O)c2ccccc2C)cc1. The molecule has 5 nitrogen and oxygen atoms in total. The maximum atomic E-state index is 12.3. The minimum absolute atomic E-state index is 0.111. The van der Waals surface area contributed by atoms with E-state index < -0.39 is 15.9 Å². The lowest BCUT2D eigenvalue weighted by Crippen LogP contribution is -2.41. The summed E-state index contributed by atoms with van der Waals surface area (Å²) in [5.41, 5.74) is 4.53. The zero-order valence-corrected chi connectivity index (χ0v) is 14.9. The molecule has 0 fully saturated rings. The molecule has 1 atom stereocenters. The van der Waals surface area contributed by atoms with Crippen LogP contribution < -0.4 is 10.3 Å². The van der Waals surface area contributed by atoms with Gasteiger partial charge in [-0.15, -0.1) is 4.83 Å². The summed E-state index contributed by atoms with van der Waals surface area (Å²) in [4.78, 5) is 14.3. The highest BCUT2D eigenvalue weighted by atomic mass is 32.2. The highest BCUT2D eigenvalue weighted by Gasteiger charge is 2.16. The van der Waals surface area contributed by atoms with Gasteiger partial charge in [0.15, 0.2) is 0 Å². The Labute approximate surface area is 143 Å². The second-order valence-corrected chi connectivity index (χ2v) is 7.44. The summed E-state index contributed by atoms with van der Waals surface area (Å²) >= 11 is 0. The van der Waals surface area contributed by atoms with Gasteiger partial charge in [0, 0.05) is 5.56 Å². The number of rotatable bonds is 6. The van der Waals surface area contributed by atoms with Gasteiger partial charge < -0.3 is 0 Å². The Morgan fingerprint density at radius 2 is 1.71 bits per heavy atom. The molecule has 0 unspecified atom stereocenters.